The second-order valence-corrected chi connectivity index (χ2v) is 7.88. The van der Waals surface area contributed by atoms with Crippen LogP contribution in [-0.2, 0) is 9.53 Å². The first kappa shape index (κ1) is 17.6. The number of carbonyl (C=O) groups excluding carboxylic acids is 1. The zero-order chi connectivity index (χ0) is 18.3. The summed E-state index contributed by atoms with van der Waals surface area (Å²) >= 11 is 6.03. The molecule has 1 aromatic carbocycles. The van der Waals surface area contributed by atoms with Gasteiger partial charge in [0, 0.05) is 32.3 Å². The van der Waals surface area contributed by atoms with Crippen molar-refractivity contribution in [2.75, 3.05) is 38.8 Å². The molecule has 7 heteroatoms. The van der Waals surface area contributed by atoms with E-state index in [0.717, 1.165) is 37.7 Å². The van der Waals surface area contributed by atoms with Crippen molar-refractivity contribution in [2.45, 2.75) is 31.2 Å². The standard InChI is InChI=1S/C19H24ClN3O3/c1-22(19(7-8-19)12-25-2)17(24)13-4-3-9-23(11-13)18-21-15-10-14(20)5-6-16(15)26-18/h5-6,10,13H,3-4,7-9,11-12H2,1-2H3. The summed E-state index contributed by atoms with van der Waals surface area (Å²) in [6.45, 7) is 2.08. The average Bonchev–Trinajstić information content (AvgIpc) is 3.31. The van der Waals surface area contributed by atoms with Crippen LogP contribution < -0.4 is 4.90 Å². The van der Waals surface area contributed by atoms with Crippen molar-refractivity contribution in [1.29, 1.82) is 0 Å². The smallest absolute Gasteiger partial charge is 0.298 e. The van der Waals surface area contributed by atoms with Crippen molar-refractivity contribution in [1.82, 2.24) is 9.88 Å². The molecule has 1 saturated heterocycles. The summed E-state index contributed by atoms with van der Waals surface area (Å²) in [5, 5.41) is 0.638. The van der Waals surface area contributed by atoms with E-state index in [-0.39, 0.29) is 17.4 Å². The third kappa shape index (κ3) is 3.16. The summed E-state index contributed by atoms with van der Waals surface area (Å²) < 4.78 is 11.2. The number of hydrogen-bond acceptors (Lipinski definition) is 5. The van der Waals surface area contributed by atoms with Gasteiger partial charge in [0.25, 0.3) is 6.01 Å². The van der Waals surface area contributed by atoms with E-state index in [1.54, 1.807) is 19.2 Å². The summed E-state index contributed by atoms with van der Waals surface area (Å²) in [5.74, 6) is 0.157. The maximum absolute atomic E-state index is 13.0. The average molecular weight is 378 g/mol. The van der Waals surface area contributed by atoms with E-state index in [9.17, 15) is 4.79 Å². The Kier molecular flexibility index (Phi) is 4.57. The number of amides is 1. The van der Waals surface area contributed by atoms with Gasteiger partial charge in [0.15, 0.2) is 5.58 Å². The molecule has 2 fully saturated rings. The molecule has 1 saturated carbocycles. The number of piperidine rings is 1. The summed E-state index contributed by atoms with van der Waals surface area (Å²) in [6.07, 6.45) is 3.88. The van der Waals surface area contributed by atoms with Crippen LogP contribution in [0.15, 0.2) is 22.6 Å². The zero-order valence-corrected chi connectivity index (χ0v) is 16.0. The molecular weight excluding hydrogens is 354 g/mol. The molecule has 4 rings (SSSR count). The Hall–Kier alpha value is -1.79. The molecule has 2 aliphatic rings. The van der Waals surface area contributed by atoms with E-state index in [1.165, 1.54) is 0 Å². The highest BCUT2D eigenvalue weighted by atomic mass is 35.5. The lowest BCUT2D eigenvalue weighted by Gasteiger charge is -2.36. The number of ether oxygens (including phenoxy) is 1. The maximum atomic E-state index is 13.0. The van der Waals surface area contributed by atoms with Crippen molar-refractivity contribution < 1.29 is 13.9 Å². The highest BCUT2D eigenvalue weighted by Gasteiger charge is 2.49. The molecule has 1 unspecified atom stereocenters. The first-order valence-electron chi connectivity index (χ1n) is 9.10. The van der Waals surface area contributed by atoms with Crippen LogP contribution >= 0.6 is 11.6 Å². The number of fused-ring (bicyclic) bond motifs is 1. The molecule has 2 aromatic rings. The number of rotatable bonds is 5. The van der Waals surface area contributed by atoms with Gasteiger partial charge >= 0.3 is 0 Å². The molecule has 0 spiro atoms. The van der Waals surface area contributed by atoms with Crippen molar-refractivity contribution in [3.05, 3.63) is 23.2 Å². The molecule has 6 nitrogen and oxygen atoms in total. The summed E-state index contributed by atoms with van der Waals surface area (Å²) in [5.41, 5.74) is 1.37. The fourth-order valence-corrected chi connectivity index (χ4v) is 4.04. The maximum Gasteiger partial charge on any atom is 0.298 e. The molecule has 26 heavy (non-hydrogen) atoms. The Morgan fingerprint density at radius 1 is 1.50 bits per heavy atom. The Morgan fingerprint density at radius 2 is 2.31 bits per heavy atom. The van der Waals surface area contributed by atoms with Gasteiger partial charge in [-0.25, -0.2) is 0 Å². The van der Waals surface area contributed by atoms with Crippen LogP contribution in [-0.4, -0.2) is 55.2 Å². The Morgan fingerprint density at radius 3 is 3.04 bits per heavy atom. The number of aromatic nitrogens is 1. The number of carbonyl (C=O) groups is 1. The van der Waals surface area contributed by atoms with E-state index in [0.29, 0.717) is 29.8 Å². The molecule has 0 radical (unpaired) electrons. The van der Waals surface area contributed by atoms with Crippen molar-refractivity contribution in [2.24, 2.45) is 5.92 Å². The first-order valence-corrected chi connectivity index (χ1v) is 9.48. The minimum Gasteiger partial charge on any atom is -0.423 e. The molecule has 0 N–H and O–H groups in total. The number of likely N-dealkylation sites (N-methyl/N-ethyl adjacent to an activating group) is 1. The Labute approximate surface area is 158 Å². The second kappa shape index (κ2) is 6.74. The quantitative estimate of drug-likeness (QED) is 0.799. The van der Waals surface area contributed by atoms with Gasteiger partial charge in [-0.2, -0.15) is 4.98 Å². The number of anilines is 1. The van der Waals surface area contributed by atoms with Gasteiger partial charge in [0.2, 0.25) is 5.91 Å². The van der Waals surface area contributed by atoms with Gasteiger partial charge in [0.05, 0.1) is 18.1 Å². The monoisotopic (exact) mass is 377 g/mol. The largest absolute Gasteiger partial charge is 0.423 e. The van der Waals surface area contributed by atoms with Gasteiger partial charge in [-0.1, -0.05) is 11.6 Å². The lowest BCUT2D eigenvalue weighted by atomic mass is 9.96. The molecule has 0 bridgehead atoms. The Bertz CT molecular complexity index is 817. The lowest BCUT2D eigenvalue weighted by Crippen LogP contribution is -2.49. The lowest BCUT2D eigenvalue weighted by molar-refractivity contribution is -0.138. The SMILES string of the molecule is COCC1(N(C)C(=O)C2CCCN(c3nc4cc(Cl)ccc4o3)C2)CC1. The summed E-state index contributed by atoms with van der Waals surface area (Å²) in [6, 6.07) is 5.99. The van der Waals surface area contributed by atoms with Crippen LogP contribution in [0.2, 0.25) is 5.02 Å². The van der Waals surface area contributed by atoms with Crippen molar-refractivity contribution >= 4 is 34.6 Å². The third-order valence-electron chi connectivity index (χ3n) is 5.66. The number of benzene rings is 1. The summed E-state index contributed by atoms with van der Waals surface area (Å²) in [7, 11) is 3.61. The van der Waals surface area contributed by atoms with E-state index >= 15 is 0 Å². The van der Waals surface area contributed by atoms with Gasteiger partial charge in [-0.05, 0) is 43.9 Å². The predicted molar refractivity (Wildman–Crippen MR) is 101 cm³/mol. The number of oxazole rings is 1. The van der Waals surface area contributed by atoms with E-state index in [4.69, 9.17) is 20.8 Å². The van der Waals surface area contributed by atoms with E-state index in [1.807, 2.05) is 18.0 Å². The molecule has 2 heterocycles. The third-order valence-corrected chi connectivity index (χ3v) is 5.90. The molecule has 140 valence electrons. The molecule has 1 aliphatic heterocycles. The molecule has 1 atom stereocenters. The van der Waals surface area contributed by atoms with E-state index in [2.05, 4.69) is 9.88 Å². The topological polar surface area (TPSA) is 58.8 Å². The van der Waals surface area contributed by atoms with Crippen LogP contribution in [0, 0.1) is 5.92 Å². The fourth-order valence-electron chi connectivity index (χ4n) is 3.87. The minimum absolute atomic E-state index is 0.0401. The predicted octanol–water partition coefficient (Wildman–Crippen LogP) is 3.34. The first-order chi connectivity index (χ1) is 12.5. The molecule has 1 aromatic heterocycles. The number of methoxy groups -OCH3 is 1. The second-order valence-electron chi connectivity index (χ2n) is 7.45. The van der Waals surface area contributed by atoms with Gasteiger partial charge in [0.1, 0.15) is 5.52 Å². The summed E-state index contributed by atoms with van der Waals surface area (Å²) in [4.78, 5) is 21.6. The normalized spacial score (nSPS) is 21.8. The zero-order valence-electron chi connectivity index (χ0n) is 15.2. The fraction of sp³-hybridized carbons (Fsp3) is 0.579. The highest BCUT2D eigenvalue weighted by Crippen LogP contribution is 2.42. The molecule has 1 amide bonds. The number of nitrogens with zero attached hydrogens (tertiary/aromatic N) is 3. The molecule has 1 aliphatic carbocycles. The van der Waals surface area contributed by atoms with Crippen LogP contribution in [0.5, 0.6) is 0 Å². The van der Waals surface area contributed by atoms with Crippen LogP contribution in [0.25, 0.3) is 11.1 Å². The van der Waals surface area contributed by atoms with E-state index < -0.39 is 0 Å². The molecular formula is C19H24ClN3O3. The van der Waals surface area contributed by atoms with Gasteiger partial charge in [-0.3, -0.25) is 4.79 Å². The highest BCUT2D eigenvalue weighted by molar-refractivity contribution is 6.31. The van der Waals surface area contributed by atoms with Gasteiger partial charge in [-0.15, -0.1) is 0 Å². The number of halogens is 1. The van der Waals surface area contributed by atoms with Crippen molar-refractivity contribution in [3.8, 4) is 0 Å². The van der Waals surface area contributed by atoms with Gasteiger partial charge < -0.3 is 19.0 Å². The minimum atomic E-state index is -0.0948. The van der Waals surface area contributed by atoms with Crippen molar-refractivity contribution in [3.63, 3.8) is 0 Å². The van der Waals surface area contributed by atoms with Crippen LogP contribution in [0.1, 0.15) is 25.7 Å². The number of hydrogen-bond donors (Lipinski definition) is 0. The van der Waals surface area contributed by atoms with Crippen LogP contribution in [0.4, 0.5) is 6.01 Å². The Balaban J connectivity index is 1.49. The van der Waals surface area contributed by atoms with Crippen LogP contribution in [0.3, 0.4) is 0 Å².